The predicted octanol–water partition coefficient (Wildman–Crippen LogP) is -0.630. The van der Waals surface area contributed by atoms with E-state index in [4.69, 9.17) is 4.74 Å². The standard InChI is InChI=1S/C9H16N2O3/c1-9(2,14-3)6-11-5-7(12)10-4-8(11)13/h4-6H2,1-3H3,(H,10,12). The molecule has 0 aromatic heterocycles. The van der Waals surface area contributed by atoms with Crippen LogP contribution in [0.5, 0.6) is 0 Å². The first-order valence-corrected chi connectivity index (χ1v) is 4.54. The molecular weight excluding hydrogens is 184 g/mol. The maximum absolute atomic E-state index is 11.4. The third kappa shape index (κ3) is 2.70. The monoisotopic (exact) mass is 200 g/mol. The zero-order chi connectivity index (χ0) is 10.8. The molecule has 0 aromatic rings. The Hall–Kier alpha value is -1.10. The molecule has 0 atom stereocenters. The second-order valence-corrected chi connectivity index (χ2v) is 3.99. The van der Waals surface area contributed by atoms with Crippen LogP contribution in [-0.2, 0) is 14.3 Å². The highest BCUT2D eigenvalue weighted by atomic mass is 16.5. The number of rotatable bonds is 3. The Morgan fingerprint density at radius 1 is 1.50 bits per heavy atom. The number of methoxy groups -OCH3 is 1. The van der Waals surface area contributed by atoms with Crippen LogP contribution < -0.4 is 5.32 Å². The predicted molar refractivity (Wildman–Crippen MR) is 50.7 cm³/mol. The maximum Gasteiger partial charge on any atom is 0.242 e. The molecule has 0 saturated carbocycles. The van der Waals surface area contributed by atoms with E-state index in [2.05, 4.69) is 5.32 Å². The number of hydrogen-bond donors (Lipinski definition) is 1. The lowest BCUT2D eigenvalue weighted by atomic mass is 10.1. The molecule has 1 saturated heterocycles. The van der Waals surface area contributed by atoms with Gasteiger partial charge in [-0.3, -0.25) is 9.59 Å². The summed E-state index contributed by atoms with van der Waals surface area (Å²) in [7, 11) is 1.59. The minimum absolute atomic E-state index is 0.0604. The van der Waals surface area contributed by atoms with E-state index in [0.29, 0.717) is 6.54 Å². The van der Waals surface area contributed by atoms with E-state index in [1.165, 1.54) is 4.90 Å². The fourth-order valence-corrected chi connectivity index (χ4v) is 1.27. The number of piperazine rings is 1. The van der Waals surface area contributed by atoms with Crippen LogP contribution in [0.15, 0.2) is 0 Å². The SMILES string of the molecule is COC(C)(C)CN1CC(=O)NCC1=O. The van der Waals surface area contributed by atoms with Crippen LogP contribution in [0.25, 0.3) is 0 Å². The van der Waals surface area contributed by atoms with Crippen LogP contribution >= 0.6 is 0 Å². The van der Waals surface area contributed by atoms with Gasteiger partial charge in [-0.25, -0.2) is 0 Å². The van der Waals surface area contributed by atoms with Crippen molar-refractivity contribution in [3.8, 4) is 0 Å². The molecule has 1 aliphatic rings. The molecule has 1 fully saturated rings. The van der Waals surface area contributed by atoms with Crippen molar-refractivity contribution < 1.29 is 14.3 Å². The number of nitrogens with one attached hydrogen (secondary N) is 1. The van der Waals surface area contributed by atoms with Crippen LogP contribution in [0.1, 0.15) is 13.8 Å². The highest BCUT2D eigenvalue weighted by molar-refractivity contribution is 5.92. The van der Waals surface area contributed by atoms with E-state index < -0.39 is 5.60 Å². The molecule has 14 heavy (non-hydrogen) atoms. The van der Waals surface area contributed by atoms with Gasteiger partial charge in [-0.15, -0.1) is 0 Å². The van der Waals surface area contributed by atoms with Crippen molar-refractivity contribution in [1.29, 1.82) is 0 Å². The Morgan fingerprint density at radius 3 is 2.71 bits per heavy atom. The zero-order valence-corrected chi connectivity index (χ0v) is 8.79. The molecule has 1 N–H and O–H groups in total. The third-order valence-electron chi connectivity index (χ3n) is 2.25. The Labute approximate surface area is 83.4 Å². The van der Waals surface area contributed by atoms with Gasteiger partial charge in [0.2, 0.25) is 11.8 Å². The number of carbonyl (C=O) groups is 2. The summed E-state index contributed by atoms with van der Waals surface area (Å²) < 4.78 is 5.20. The van der Waals surface area contributed by atoms with Gasteiger partial charge >= 0.3 is 0 Å². The third-order valence-corrected chi connectivity index (χ3v) is 2.25. The van der Waals surface area contributed by atoms with E-state index in [1.54, 1.807) is 7.11 Å². The minimum atomic E-state index is -0.409. The molecule has 5 nitrogen and oxygen atoms in total. The molecular formula is C9H16N2O3. The molecule has 1 heterocycles. The number of nitrogens with zero attached hydrogens (tertiary/aromatic N) is 1. The summed E-state index contributed by atoms with van der Waals surface area (Å²) >= 11 is 0. The summed E-state index contributed by atoms with van der Waals surface area (Å²) in [5.74, 6) is -0.175. The number of carbonyl (C=O) groups excluding carboxylic acids is 2. The highest BCUT2D eigenvalue weighted by Crippen LogP contribution is 2.11. The van der Waals surface area contributed by atoms with Crippen molar-refractivity contribution >= 4 is 11.8 Å². The van der Waals surface area contributed by atoms with Crippen molar-refractivity contribution in [3.63, 3.8) is 0 Å². The molecule has 0 aromatic carbocycles. The summed E-state index contributed by atoms with van der Waals surface area (Å²) in [6, 6.07) is 0. The lowest BCUT2D eigenvalue weighted by Crippen LogP contribution is -2.55. The topological polar surface area (TPSA) is 58.6 Å². The van der Waals surface area contributed by atoms with Crippen LogP contribution in [0, 0.1) is 0 Å². The molecule has 0 radical (unpaired) electrons. The summed E-state index contributed by atoms with van der Waals surface area (Å²) in [4.78, 5) is 24.0. The normalized spacial score (nSPS) is 18.4. The molecule has 0 aliphatic carbocycles. The maximum atomic E-state index is 11.4. The van der Waals surface area contributed by atoms with Crippen molar-refractivity contribution in [2.45, 2.75) is 19.4 Å². The Kier molecular flexibility index (Phi) is 3.10. The molecule has 5 heteroatoms. The summed E-state index contributed by atoms with van der Waals surface area (Å²) in [6.07, 6.45) is 0. The van der Waals surface area contributed by atoms with Gasteiger partial charge < -0.3 is 15.0 Å². The van der Waals surface area contributed by atoms with Gasteiger partial charge in [-0.2, -0.15) is 0 Å². The molecule has 2 amide bonds. The van der Waals surface area contributed by atoms with E-state index in [1.807, 2.05) is 13.8 Å². The average molecular weight is 200 g/mol. The van der Waals surface area contributed by atoms with Gasteiger partial charge in [0.25, 0.3) is 0 Å². The second kappa shape index (κ2) is 3.96. The van der Waals surface area contributed by atoms with Crippen LogP contribution in [-0.4, -0.2) is 49.1 Å². The van der Waals surface area contributed by atoms with Crippen molar-refractivity contribution in [2.75, 3.05) is 26.7 Å². The Bertz CT molecular complexity index is 250. The van der Waals surface area contributed by atoms with Gasteiger partial charge in [0.1, 0.15) is 0 Å². The fourth-order valence-electron chi connectivity index (χ4n) is 1.27. The Morgan fingerprint density at radius 2 is 2.14 bits per heavy atom. The lowest BCUT2D eigenvalue weighted by molar-refractivity contribution is -0.143. The second-order valence-electron chi connectivity index (χ2n) is 3.99. The summed E-state index contributed by atoms with van der Waals surface area (Å²) in [5, 5.41) is 2.49. The lowest BCUT2D eigenvalue weighted by Gasteiger charge is -2.33. The fraction of sp³-hybridized carbons (Fsp3) is 0.778. The quantitative estimate of drug-likeness (QED) is 0.660. The molecule has 0 spiro atoms. The van der Waals surface area contributed by atoms with Gasteiger partial charge in [0, 0.05) is 13.7 Å². The van der Waals surface area contributed by atoms with E-state index >= 15 is 0 Å². The van der Waals surface area contributed by atoms with Crippen molar-refractivity contribution in [1.82, 2.24) is 10.2 Å². The molecule has 80 valence electrons. The largest absolute Gasteiger partial charge is 0.377 e. The number of ether oxygens (including phenoxy) is 1. The zero-order valence-electron chi connectivity index (χ0n) is 8.79. The van der Waals surface area contributed by atoms with E-state index in [9.17, 15) is 9.59 Å². The smallest absolute Gasteiger partial charge is 0.242 e. The molecule has 0 unspecified atom stereocenters. The average Bonchev–Trinajstić information content (AvgIpc) is 2.11. The summed E-state index contributed by atoms with van der Waals surface area (Å²) in [6.45, 7) is 4.43. The number of hydrogen-bond acceptors (Lipinski definition) is 3. The van der Waals surface area contributed by atoms with Crippen molar-refractivity contribution in [3.05, 3.63) is 0 Å². The van der Waals surface area contributed by atoms with Gasteiger partial charge in [-0.1, -0.05) is 0 Å². The number of amides is 2. The van der Waals surface area contributed by atoms with Crippen molar-refractivity contribution in [2.24, 2.45) is 0 Å². The van der Waals surface area contributed by atoms with Crippen LogP contribution in [0.4, 0.5) is 0 Å². The van der Waals surface area contributed by atoms with Gasteiger partial charge in [0.15, 0.2) is 0 Å². The van der Waals surface area contributed by atoms with Gasteiger partial charge in [0.05, 0.1) is 18.7 Å². The Balaban J connectivity index is 2.58. The van der Waals surface area contributed by atoms with Crippen LogP contribution in [0.2, 0.25) is 0 Å². The highest BCUT2D eigenvalue weighted by Gasteiger charge is 2.28. The first-order valence-electron chi connectivity index (χ1n) is 4.54. The molecule has 0 bridgehead atoms. The first kappa shape index (κ1) is 11.0. The minimum Gasteiger partial charge on any atom is -0.377 e. The molecule has 1 rings (SSSR count). The van der Waals surface area contributed by atoms with Crippen LogP contribution in [0.3, 0.4) is 0 Å². The van der Waals surface area contributed by atoms with E-state index in [0.717, 1.165) is 0 Å². The van der Waals surface area contributed by atoms with E-state index in [-0.39, 0.29) is 24.9 Å². The van der Waals surface area contributed by atoms with Gasteiger partial charge in [-0.05, 0) is 13.8 Å². The first-order chi connectivity index (χ1) is 6.44. The molecule has 1 aliphatic heterocycles. The summed E-state index contributed by atoms with van der Waals surface area (Å²) in [5.41, 5.74) is -0.409.